The summed E-state index contributed by atoms with van der Waals surface area (Å²) in [6, 6.07) is 3.69. The Morgan fingerprint density at radius 2 is 1.83 bits per heavy atom. The Kier molecular flexibility index (Phi) is 5.80. The Morgan fingerprint density at radius 3 is 2.38 bits per heavy atom. The molecule has 1 aromatic carbocycles. The van der Waals surface area contributed by atoms with Crippen LogP contribution in [-0.4, -0.2) is 44.6 Å². The number of hydrogen-bond acceptors (Lipinski definition) is 4. The van der Waals surface area contributed by atoms with Gasteiger partial charge in [-0.15, -0.1) is 0 Å². The Bertz CT molecular complexity index is 668. The zero-order chi connectivity index (χ0) is 18.0. The fourth-order valence-corrected chi connectivity index (χ4v) is 4.04. The van der Waals surface area contributed by atoms with Gasteiger partial charge >= 0.3 is 5.51 Å². The molecular formula is C16H22F3NO3S. The summed E-state index contributed by atoms with van der Waals surface area (Å²) >= 11 is 0. The molecule has 1 atom stereocenters. The van der Waals surface area contributed by atoms with Crippen LogP contribution in [0.2, 0.25) is 0 Å². The van der Waals surface area contributed by atoms with E-state index in [1.807, 2.05) is 13.8 Å². The van der Waals surface area contributed by atoms with E-state index in [9.17, 15) is 21.6 Å². The first-order valence-electron chi connectivity index (χ1n) is 8.02. The van der Waals surface area contributed by atoms with E-state index in [0.29, 0.717) is 6.61 Å². The van der Waals surface area contributed by atoms with Gasteiger partial charge in [-0.25, -0.2) is 8.42 Å². The van der Waals surface area contributed by atoms with Crippen molar-refractivity contribution in [1.29, 1.82) is 0 Å². The molecule has 1 unspecified atom stereocenters. The lowest BCUT2D eigenvalue weighted by Gasteiger charge is -2.35. The predicted molar refractivity (Wildman–Crippen MR) is 84.8 cm³/mol. The number of ether oxygens (including phenoxy) is 1. The molecule has 136 valence electrons. The third kappa shape index (κ3) is 3.69. The van der Waals surface area contributed by atoms with E-state index in [0.717, 1.165) is 32.0 Å². The summed E-state index contributed by atoms with van der Waals surface area (Å²) in [5.74, 6) is 0.226. The second kappa shape index (κ2) is 7.31. The van der Waals surface area contributed by atoms with E-state index in [4.69, 9.17) is 4.74 Å². The molecule has 0 spiro atoms. The largest absolute Gasteiger partial charge is 0.501 e. The number of nitrogens with zero attached hydrogens (tertiary/aromatic N) is 1. The first-order valence-corrected chi connectivity index (χ1v) is 9.50. The van der Waals surface area contributed by atoms with Gasteiger partial charge in [0, 0.05) is 11.6 Å². The molecule has 1 aliphatic rings. The van der Waals surface area contributed by atoms with E-state index in [-0.39, 0.29) is 23.8 Å². The van der Waals surface area contributed by atoms with E-state index >= 15 is 0 Å². The van der Waals surface area contributed by atoms with Crippen molar-refractivity contribution >= 4 is 9.84 Å². The zero-order valence-electron chi connectivity index (χ0n) is 13.8. The molecule has 0 aliphatic carbocycles. The summed E-state index contributed by atoms with van der Waals surface area (Å²) < 4.78 is 68.1. The highest BCUT2D eigenvalue weighted by molar-refractivity contribution is 7.92. The van der Waals surface area contributed by atoms with Gasteiger partial charge in [-0.05, 0) is 44.5 Å². The molecule has 0 saturated heterocycles. The lowest BCUT2D eigenvalue weighted by molar-refractivity contribution is -0.0436. The highest BCUT2D eigenvalue weighted by Gasteiger charge is 2.48. The van der Waals surface area contributed by atoms with E-state index in [1.54, 1.807) is 0 Å². The summed E-state index contributed by atoms with van der Waals surface area (Å²) in [4.78, 5) is 1.46. The van der Waals surface area contributed by atoms with E-state index in [2.05, 4.69) is 4.90 Å². The standard InChI is InChI=1S/C16H22F3NO3S/c1-3-8-20(9-4-2)12-10-13-14(23-11-12)6-5-7-15(13)24(21,22)16(17,18)19/h5-7,12H,3-4,8-11H2,1-2H3. The SMILES string of the molecule is CCCN(CCC)C1COc2cccc(S(=O)(=O)C(F)(F)F)c2C1. The number of alkyl halides is 3. The van der Waals surface area contributed by atoms with Crippen LogP contribution in [0, 0.1) is 0 Å². The van der Waals surface area contributed by atoms with Crippen LogP contribution in [0.3, 0.4) is 0 Å². The lowest BCUT2D eigenvalue weighted by Crippen LogP contribution is -2.44. The van der Waals surface area contributed by atoms with Gasteiger partial charge in [0.05, 0.1) is 4.90 Å². The third-order valence-electron chi connectivity index (χ3n) is 4.09. The molecule has 8 heteroatoms. The van der Waals surface area contributed by atoms with Crippen LogP contribution >= 0.6 is 0 Å². The minimum Gasteiger partial charge on any atom is -0.492 e. The van der Waals surface area contributed by atoms with Gasteiger partial charge in [0.1, 0.15) is 12.4 Å². The molecular weight excluding hydrogens is 343 g/mol. The van der Waals surface area contributed by atoms with Gasteiger partial charge in [-0.2, -0.15) is 13.2 Å². The van der Waals surface area contributed by atoms with Gasteiger partial charge in [0.15, 0.2) is 0 Å². The van der Waals surface area contributed by atoms with Crippen LogP contribution in [0.25, 0.3) is 0 Å². The Labute approximate surface area is 140 Å². The molecule has 0 saturated carbocycles. The van der Waals surface area contributed by atoms with Gasteiger partial charge in [0.25, 0.3) is 9.84 Å². The molecule has 1 aromatic rings. The molecule has 1 aliphatic heterocycles. The van der Waals surface area contributed by atoms with Crippen molar-refractivity contribution in [2.45, 2.75) is 49.6 Å². The molecule has 2 rings (SSSR count). The average Bonchev–Trinajstić information content (AvgIpc) is 2.52. The fraction of sp³-hybridized carbons (Fsp3) is 0.625. The average molecular weight is 365 g/mol. The maximum Gasteiger partial charge on any atom is 0.501 e. The second-order valence-corrected chi connectivity index (χ2v) is 7.80. The maximum absolute atomic E-state index is 12.9. The Balaban J connectivity index is 2.40. The summed E-state index contributed by atoms with van der Waals surface area (Å²) in [7, 11) is -5.39. The molecule has 0 aromatic heterocycles. The monoisotopic (exact) mass is 365 g/mol. The Hall–Kier alpha value is -1.28. The van der Waals surface area contributed by atoms with Crippen LogP contribution in [0.4, 0.5) is 13.2 Å². The van der Waals surface area contributed by atoms with Crippen LogP contribution in [-0.2, 0) is 16.3 Å². The number of benzene rings is 1. The molecule has 0 amide bonds. The highest BCUT2D eigenvalue weighted by atomic mass is 32.2. The van der Waals surface area contributed by atoms with Crippen molar-refractivity contribution in [2.24, 2.45) is 0 Å². The van der Waals surface area contributed by atoms with Crippen molar-refractivity contribution in [2.75, 3.05) is 19.7 Å². The smallest absolute Gasteiger partial charge is 0.492 e. The maximum atomic E-state index is 12.9. The van der Waals surface area contributed by atoms with Gasteiger partial charge in [-0.1, -0.05) is 19.9 Å². The number of fused-ring (bicyclic) bond motifs is 1. The van der Waals surface area contributed by atoms with Crippen LogP contribution < -0.4 is 4.74 Å². The van der Waals surface area contributed by atoms with Crippen LogP contribution in [0.15, 0.2) is 23.1 Å². The van der Waals surface area contributed by atoms with Crippen molar-refractivity contribution < 1.29 is 26.3 Å². The number of halogens is 3. The third-order valence-corrected chi connectivity index (χ3v) is 5.66. The van der Waals surface area contributed by atoms with Crippen LogP contribution in [0.1, 0.15) is 32.3 Å². The lowest BCUT2D eigenvalue weighted by atomic mass is 10.0. The number of rotatable bonds is 6. The quantitative estimate of drug-likeness (QED) is 0.775. The van der Waals surface area contributed by atoms with Crippen LogP contribution in [0.5, 0.6) is 5.75 Å². The minimum atomic E-state index is -5.39. The van der Waals surface area contributed by atoms with Crippen molar-refractivity contribution in [1.82, 2.24) is 4.90 Å². The normalized spacial score (nSPS) is 18.3. The fourth-order valence-electron chi connectivity index (χ4n) is 3.02. The second-order valence-electron chi connectivity index (χ2n) is 5.89. The van der Waals surface area contributed by atoms with Crippen molar-refractivity contribution in [3.63, 3.8) is 0 Å². The molecule has 24 heavy (non-hydrogen) atoms. The van der Waals surface area contributed by atoms with Gasteiger partial charge in [-0.3, -0.25) is 4.90 Å². The highest BCUT2D eigenvalue weighted by Crippen LogP contribution is 2.38. The first kappa shape index (κ1) is 19.1. The molecule has 0 fully saturated rings. The molecule has 0 N–H and O–H groups in total. The summed E-state index contributed by atoms with van der Waals surface area (Å²) in [5.41, 5.74) is -5.19. The minimum absolute atomic E-state index is 0.123. The summed E-state index contributed by atoms with van der Waals surface area (Å²) in [6.45, 7) is 6.00. The van der Waals surface area contributed by atoms with Crippen molar-refractivity contribution in [3.8, 4) is 5.75 Å². The zero-order valence-corrected chi connectivity index (χ0v) is 14.6. The molecule has 0 radical (unpaired) electrons. The first-order chi connectivity index (χ1) is 11.2. The van der Waals surface area contributed by atoms with E-state index in [1.165, 1.54) is 12.1 Å². The van der Waals surface area contributed by atoms with Gasteiger partial charge < -0.3 is 4.74 Å². The molecule has 4 nitrogen and oxygen atoms in total. The van der Waals surface area contributed by atoms with E-state index < -0.39 is 20.2 Å². The Morgan fingerprint density at radius 1 is 1.21 bits per heavy atom. The van der Waals surface area contributed by atoms with Crippen molar-refractivity contribution in [3.05, 3.63) is 23.8 Å². The van der Waals surface area contributed by atoms with Gasteiger partial charge in [0.2, 0.25) is 0 Å². The number of sulfone groups is 1. The number of hydrogen-bond donors (Lipinski definition) is 0. The molecule has 0 bridgehead atoms. The predicted octanol–water partition coefficient (Wildman–Crippen LogP) is 3.41. The summed E-state index contributed by atoms with van der Waals surface area (Å²) in [6.07, 6.45) is 2.05. The summed E-state index contributed by atoms with van der Waals surface area (Å²) in [5, 5.41) is 0. The topological polar surface area (TPSA) is 46.6 Å². The molecule has 1 heterocycles.